The summed E-state index contributed by atoms with van der Waals surface area (Å²) in [6.45, 7) is 6.91. The van der Waals surface area contributed by atoms with Crippen molar-refractivity contribution in [3.63, 3.8) is 0 Å². The number of carbonyl (C=O) groups excluding carboxylic acids is 1. The van der Waals surface area contributed by atoms with Gasteiger partial charge < -0.3 is 9.26 Å². The molecule has 0 saturated carbocycles. The monoisotopic (exact) mass is 401 g/mol. The molecule has 0 fully saturated rings. The largest absolute Gasteiger partial charge is 0.444 e. The highest BCUT2D eigenvalue weighted by molar-refractivity contribution is 5.85. The van der Waals surface area contributed by atoms with Crippen LogP contribution in [0, 0.1) is 18.6 Å². The molecule has 0 atom stereocenters. The average Bonchev–Trinajstić information content (AvgIpc) is 3.05. The third-order valence-electron chi connectivity index (χ3n) is 3.84. The number of aromatic nitrogens is 2. The van der Waals surface area contributed by atoms with E-state index in [9.17, 15) is 13.6 Å². The van der Waals surface area contributed by atoms with Crippen molar-refractivity contribution in [2.45, 2.75) is 39.7 Å². The van der Waals surface area contributed by atoms with Crippen molar-refractivity contribution in [2.24, 2.45) is 0 Å². The molecule has 6 nitrogen and oxygen atoms in total. The second-order valence-electron chi connectivity index (χ2n) is 7.61. The molecule has 1 aromatic heterocycles. The number of benzene rings is 2. The van der Waals surface area contributed by atoms with Crippen molar-refractivity contribution in [1.29, 1.82) is 0 Å². The number of nitrogens with zero attached hydrogens (tertiary/aromatic N) is 2. The van der Waals surface area contributed by atoms with Crippen LogP contribution in [0.5, 0.6) is 0 Å². The van der Waals surface area contributed by atoms with E-state index in [4.69, 9.17) is 9.26 Å². The van der Waals surface area contributed by atoms with Crippen LogP contribution in [-0.4, -0.2) is 21.8 Å². The summed E-state index contributed by atoms with van der Waals surface area (Å²) >= 11 is 0. The van der Waals surface area contributed by atoms with Crippen molar-refractivity contribution < 1.29 is 22.8 Å². The molecule has 2 aromatic carbocycles. The standard InChI is InChI=1S/C21H21F2N3O3/c1-12-8-16(22)15(17(23)9-12)11-18-25-19(29-26-18)13-6-5-7-14(10-13)24-20(27)28-21(2,3)4/h5-10H,11H2,1-4H3,(H,24,27). The van der Waals surface area contributed by atoms with Gasteiger partial charge in [-0.2, -0.15) is 4.98 Å². The first-order valence-electron chi connectivity index (χ1n) is 8.98. The lowest BCUT2D eigenvalue weighted by Crippen LogP contribution is -2.27. The molecule has 0 saturated heterocycles. The Bertz CT molecular complexity index is 1020. The lowest BCUT2D eigenvalue weighted by atomic mass is 10.1. The summed E-state index contributed by atoms with van der Waals surface area (Å²) in [5.74, 6) is -0.997. The number of nitrogens with one attached hydrogen (secondary N) is 1. The minimum Gasteiger partial charge on any atom is -0.444 e. The summed E-state index contributed by atoms with van der Waals surface area (Å²) in [6.07, 6.45) is -0.733. The molecule has 1 amide bonds. The number of anilines is 1. The van der Waals surface area contributed by atoms with Gasteiger partial charge in [0, 0.05) is 23.2 Å². The Labute approximate surface area is 166 Å². The summed E-state index contributed by atoms with van der Waals surface area (Å²) < 4.78 is 38.5. The number of carbonyl (C=O) groups is 1. The second-order valence-corrected chi connectivity index (χ2v) is 7.61. The van der Waals surface area contributed by atoms with E-state index in [-0.39, 0.29) is 23.7 Å². The zero-order chi connectivity index (χ0) is 21.2. The van der Waals surface area contributed by atoms with Gasteiger partial charge in [-0.3, -0.25) is 5.32 Å². The molecule has 8 heteroatoms. The normalized spacial score (nSPS) is 11.4. The van der Waals surface area contributed by atoms with Crippen LogP contribution in [0.3, 0.4) is 0 Å². The molecule has 0 bridgehead atoms. The minimum absolute atomic E-state index is 0.122. The topological polar surface area (TPSA) is 77.2 Å². The lowest BCUT2D eigenvalue weighted by molar-refractivity contribution is 0.0636. The maximum absolute atomic E-state index is 14.0. The Kier molecular flexibility index (Phi) is 5.63. The second kappa shape index (κ2) is 7.98. The Morgan fingerprint density at radius 3 is 2.52 bits per heavy atom. The maximum atomic E-state index is 14.0. The van der Waals surface area contributed by atoms with Gasteiger partial charge in [0.2, 0.25) is 0 Å². The first kappa shape index (κ1) is 20.4. The van der Waals surface area contributed by atoms with Gasteiger partial charge in [0.05, 0.1) is 0 Å². The fourth-order valence-electron chi connectivity index (χ4n) is 2.65. The van der Waals surface area contributed by atoms with Crippen molar-refractivity contribution in [3.05, 3.63) is 65.0 Å². The summed E-state index contributed by atoms with van der Waals surface area (Å²) in [5.41, 5.74) is 0.772. The van der Waals surface area contributed by atoms with Crippen LogP contribution in [0.4, 0.5) is 19.3 Å². The molecule has 29 heavy (non-hydrogen) atoms. The number of rotatable bonds is 4. The minimum atomic E-state index is -0.655. The Hall–Kier alpha value is -3.29. The number of aryl methyl sites for hydroxylation is 1. The molecule has 0 aliphatic heterocycles. The third kappa shape index (κ3) is 5.37. The molecule has 0 radical (unpaired) electrons. The molecule has 0 aliphatic rings. The summed E-state index contributed by atoms with van der Waals surface area (Å²) in [7, 11) is 0. The van der Waals surface area contributed by atoms with E-state index in [1.165, 1.54) is 12.1 Å². The molecule has 0 unspecified atom stereocenters. The van der Waals surface area contributed by atoms with E-state index in [0.717, 1.165) is 0 Å². The van der Waals surface area contributed by atoms with Gasteiger partial charge >= 0.3 is 6.09 Å². The number of amides is 1. The smallest absolute Gasteiger partial charge is 0.412 e. The summed E-state index contributed by atoms with van der Waals surface area (Å²) in [6, 6.07) is 9.24. The van der Waals surface area contributed by atoms with Crippen LogP contribution >= 0.6 is 0 Å². The van der Waals surface area contributed by atoms with Crippen LogP contribution in [-0.2, 0) is 11.2 Å². The van der Waals surface area contributed by atoms with Crippen molar-refractivity contribution in [2.75, 3.05) is 5.32 Å². The lowest BCUT2D eigenvalue weighted by Gasteiger charge is -2.19. The van der Waals surface area contributed by atoms with Gasteiger partial charge in [-0.1, -0.05) is 11.2 Å². The van der Waals surface area contributed by atoms with E-state index in [2.05, 4.69) is 15.5 Å². The Morgan fingerprint density at radius 1 is 1.17 bits per heavy atom. The molecule has 152 valence electrons. The average molecular weight is 401 g/mol. The van der Waals surface area contributed by atoms with Gasteiger partial charge in [0.1, 0.15) is 17.2 Å². The van der Waals surface area contributed by atoms with E-state index in [1.54, 1.807) is 52.0 Å². The first-order valence-corrected chi connectivity index (χ1v) is 8.98. The predicted molar refractivity (Wildman–Crippen MR) is 103 cm³/mol. The maximum Gasteiger partial charge on any atom is 0.412 e. The van der Waals surface area contributed by atoms with Crippen molar-refractivity contribution in [3.8, 4) is 11.5 Å². The van der Waals surface area contributed by atoms with E-state index in [1.807, 2.05) is 0 Å². The highest BCUT2D eigenvalue weighted by Crippen LogP contribution is 2.23. The number of halogens is 2. The molecule has 1 heterocycles. The predicted octanol–water partition coefficient (Wildman–Crippen LogP) is 5.26. The highest BCUT2D eigenvalue weighted by Gasteiger charge is 2.18. The van der Waals surface area contributed by atoms with E-state index >= 15 is 0 Å². The zero-order valence-electron chi connectivity index (χ0n) is 16.5. The summed E-state index contributed by atoms with van der Waals surface area (Å²) in [4.78, 5) is 16.1. The molecular formula is C21H21F2N3O3. The third-order valence-corrected chi connectivity index (χ3v) is 3.84. The van der Waals surface area contributed by atoms with Crippen LogP contribution in [0.1, 0.15) is 37.7 Å². The Balaban J connectivity index is 1.76. The van der Waals surface area contributed by atoms with Crippen LogP contribution in [0.2, 0.25) is 0 Å². The van der Waals surface area contributed by atoms with Gasteiger partial charge in [-0.15, -0.1) is 0 Å². The molecular weight excluding hydrogens is 380 g/mol. The van der Waals surface area contributed by atoms with Gasteiger partial charge in [-0.05, 0) is 63.6 Å². The van der Waals surface area contributed by atoms with Crippen LogP contribution in [0.25, 0.3) is 11.5 Å². The quantitative estimate of drug-likeness (QED) is 0.645. The number of hydrogen-bond donors (Lipinski definition) is 1. The zero-order valence-corrected chi connectivity index (χ0v) is 16.5. The fourth-order valence-corrected chi connectivity index (χ4v) is 2.65. The molecule has 1 N–H and O–H groups in total. The van der Waals surface area contributed by atoms with Crippen LogP contribution in [0.15, 0.2) is 40.9 Å². The van der Waals surface area contributed by atoms with Crippen LogP contribution < -0.4 is 5.32 Å². The molecule has 3 aromatic rings. The first-order chi connectivity index (χ1) is 13.6. The Morgan fingerprint density at radius 2 is 1.86 bits per heavy atom. The highest BCUT2D eigenvalue weighted by atomic mass is 19.1. The number of ether oxygens (including phenoxy) is 1. The number of hydrogen-bond acceptors (Lipinski definition) is 5. The molecule has 3 rings (SSSR count). The SMILES string of the molecule is Cc1cc(F)c(Cc2noc(-c3cccc(NC(=O)OC(C)(C)C)c3)n2)c(F)c1. The molecule has 0 spiro atoms. The van der Waals surface area contributed by atoms with Gasteiger partial charge in [0.15, 0.2) is 5.82 Å². The molecule has 0 aliphatic carbocycles. The van der Waals surface area contributed by atoms with Crippen molar-refractivity contribution >= 4 is 11.8 Å². The van der Waals surface area contributed by atoms with Gasteiger partial charge in [-0.25, -0.2) is 13.6 Å². The van der Waals surface area contributed by atoms with Crippen molar-refractivity contribution in [1.82, 2.24) is 10.1 Å². The van der Waals surface area contributed by atoms with E-state index < -0.39 is 23.3 Å². The summed E-state index contributed by atoms with van der Waals surface area (Å²) in [5, 5.41) is 6.43. The fraction of sp³-hybridized carbons (Fsp3) is 0.286. The van der Waals surface area contributed by atoms with Gasteiger partial charge in [0.25, 0.3) is 5.89 Å². The van der Waals surface area contributed by atoms with E-state index in [0.29, 0.717) is 16.8 Å².